The summed E-state index contributed by atoms with van der Waals surface area (Å²) >= 11 is 0. The highest BCUT2D eigenvalue weighted by molar-refractivity contribution is 6.09. The number of piperidine rings is 2. The van der Waals surface area contributed by atoms with Gasteiger partial charge in [-0.1, -0.05) is 0 Å². The Labute approximate surface area is 158 Å². The number of fused-ring (bicyclic) bond motifs is 3. The molecule has 4 rings (SSSR count). The van der Waals surface area contributed by atoms with Gasteiger partial charge in [0.25, 0.3) is 5.91 Å². The zero-order chi connectivity index (χ0) is 19.0. The molecule has 1 N–H and O–H groups in total. The van der Waals surface area contributed by atoms with Crippen LogP contribution in [0.2, 0.25) is 0 Å². The second-order valence-corrected chi connectivity index (χ2v) is 7.58. The number of benzene rings is 1. The van der Waals surface area contributed by atoms with Crippen LogP contribution in [0, 0.1) is 0 Å². The molecule has 0 aromatic heterocycles. The minimum Gasteiger partial charge on any atom is -0.480 e. The largest absolute Gasteiger partial charge is 0.480 e. The summed E-state index contributed by atoms with van der Waals surface area (Å²) in [5, 5.41) is 9.30. The van der Waals surface area contributed by atoms with E-state index in [-0.39, 0.29) is 24.4 Å². The van der Waals surface area contributed by atoms with Crippen molar-refractivity contribution in [1.29, 1.82) is 0 Å². The maximum absolute atomic E-state index is 13.0. The highest BCUT2D eigenvalue weighted by Gasteiger charge is 2.40. The van der Waals surface area contributed by atoms with Crippen LogP contribution in [0.4, 0.5) is 11.4 Å². The lowest BCUT2D eigenvalue weighted by atomic mass is 9.95. The van der Waals surface area contributed by atoms with Crippen LogP contribution in [-0.4, -0.2) is 60.0 Å². The molecule has 0 radical (unpaired) electrons. The van der Waals surface area contributed by atoms with E-state index in [1.807, 2.05) is 17.0 Å². The van der Waals surface area contributed by atoms with Crippen LogP contribution in [0.15, 0.2) is 18.2 Å². The van der Waals surface area contributed by atoms with E-state index in [0.717, 1.165) is 63.8 Å². The van der Waals surface area contributed by atoms with Crippen molar-refractivity contribution >= 4 is 29.2 Å². The van der Waals surface area contributed by atoms with Gasteiger partial charge in [0, 0.05) is 25.2 Å². The third-order valence-electron chi connectivity index (χ3n) is 5.81. The van der Waals surface area contributed by atoms with Gasteiger partial charge >= 0.3 is 5.97 Å². The molecule has 144 valence electrons. The maximum Gasteiger partial charge on any atom is 0.323 e. The minimum absolute atomic E-state index is 0.0407. The van der Waals surface area contributed by atoms with Crippen molar-refractivity contribution < 1.29 is 19.5 Å². The van der Waals surface area contributed by atoms with Crippen molar-refractivity contribution in [2.75, 3.05) is 36.0 Å². The van der Waals surface area contributed by atoms with Crippen molar-refractivity contribution in [2.45, 2.75) is 44.6 Å². The Morgan fingerprint density at radius 1 is 1.00 bits per heavy atom. The molecular formula is C20H25N3O4. The number of carbonyl (C=O) groups excluding carboxylic acids is 2. The SMILES string of the molecule is O=C(O)CN1C(=O)C2CCCCN2c2ccc(C(=O)N3CCCCC3)cc21. The standard InChI is InChI=1S/C20H25N3O4/c24-18(25)13-23-17-12-14(19(26)21-9-3-1-4-10-21)7-8-15(17)22-11-5-2-6-16(22)20(23)27/h7-8,12,16H,1-6,9-11,13H2,(H,24,25). The Morgan fingerprint density at radius 2 is 1.74 bits per heavy atom. The molecule has 2 amide bonds. The lowest BCUT2D eigenvalue weighted by molar-refractivity contribution is -0.137. The van der Waals surface area contributed by atoms with E-state index in [1.54, 1.807) is 6.07 Å². The topological polar surface area (TPSA) is 81.2 Å². The van der Waals surface area contributed by atoms with Gasteiger partial charge in [-0.2, -0.15) is 0 Å². The first kappa shape index (κ1) is 17.8. The second kappa shape index (κ2) is 7.21. The number of hydrogen-bond acceptors (Lipinski definition) is 4. The summed E-state index contributed by atoms with van der Waals surface area (Å²) in [5.74, 6) is -1.26. The van der Waals surface area contributed by atoms with E-state index in [2.05, 4.69) is 4.90 Å². The molecule has 0 aliphatic carbocycles. The number of nitrogens with zero attached hydrogens (tertiary/aromatic N) is 3. The fraction of sp³-hybridized carbons (Fsp3) is 0.550. The Balaban J connectivity index is 1.71. The minimum atomic E-state index is -1.05. The first-order valence-electron chi connectivity index (χ1n) is 9.79. The lowest BCUT2D eigenvalue weighted by Crippen LogP contribution is -2.56. The Hall–Kier alpha value is -2.57. The molecule has 1 unspecified atom stereocenters. The molecule has 1 aromatic rings. The number of anilines is 2. The molecule has 0 bridgehead atoms. The van der Waals surface area contributed by atoms with Crippen molar-refractivity contribution in [3.8, 4) is 0 Å². The number of hydrogen-bond donors (Lipinski definition) is 1. The number of carboxylic acids is 1. The number of amides is 2. The maximum atomic E-state index is 13.0. The second-order valence-electron chi connectivity index (χ2n) is 7.58. The molecule has 2 saturated heterocycles. The van der Waals surface area contributed by atoms with Crippen molar-refractivity contribution in [2.24, 2.45) is 0 Å². The zero-order valence-electron chi connectivity index (χ0n) is 15.4. The van der Waals surface area contributed by atoms with Crippen LogP contribution in [0.3, 0.4) is 0 Å². The van der Waals surface area contributed by atoms with Gasteiger partial charge < -0.3 is 14.9 Å². The predicted octanol–water partition coefficient (Wildman–Crippen LogP) is 2.10. The summed E-state index contributed by atoms with van der Waals surface area (Å²) in [4.78, 5) is 42.5. The van der Waals surface area contributed by atoms with E-state index < -0.39 is 5.97 Å². The molecule has 3 aliphatic heterocycles. The smallest absolute Gasteiger partial charge is 0.323 e. The van der Waals surface area contributed by atoms with Gasteiger partial charge in [0.2, 0.25) is 5.91 Å². The van der Waals surface area contributed by atoms with Gasteiger partial charge in [0.15, 0.2) is 0 Å². The molecule has 0 spiro atoms. The fourth-order valence-electron chi connectivity index (χ4n) is 4.47. The molecule has 7 nitrogen and oxygen atoms in total. The summed E-state index contributed by atoms with van der Waals surface area (Å²) in [6.07, 6.45) is 5.88. The summed E-state index contributed by atoms with van der Waals surface area (Å²) in [7, 11) is 0. The van der Waals surface area contributed by atoms with Crippen LogP contribution in [0.25, 0.3) is 0 Å². The summed E-state index contributed by atoms with van der Waals surface area (Å²) < 4.78 is 0. The van der Waals surface area contributed by atoms with Crippen LogP contribution < -0.4 is 9.80 Å². The van der Waals surface area contributed by atoms with Gasteiger partial charge in [0.05, 0.1) is 11.4 Å². The van der Waals surface area contributed by atoms with Crippen LogP contribution in [-0.2, 0) is 9.59 Å². The third-order valence-corrected chi connectivity index (χ3v) is 5.81. The Bertz CT molecular complexity index is 772. The molecule has 1 aromatic carbocycles. The molecular weight excluding hydrogens is 346 g/mol. The Kier molecular flexibility index (Phi) is 4.76. The van der Waals surface area contributed by atoms with Crippen LogP contribution in [0.5, 0.6) is 0 Å². The Morgan fingerprint density at radius 3 is 2.48 bits per heavy atom. The number of aliphatic carboxylic acids is 1. The summed E-state index contributed by atoms with van der Waals surface area (Å²) in [6.45, 7) is 1.91. The zero-order valence-corrected chi connectivity index (χ0v) is 15.4. The van der Waals surface area contributed by atoms with E-state index >= 15 is 0 Å². The molecule has 2 fully saturated rings. The van der Waals surface area contributed by atoms with Crippen molar-refractivity contribution in [3.05, 3.63) is 23.8 Å². The number of rotatable bonds is 3. The van der Waals surface area contributed by atoms with Crippen LogP contribution >= 0.6 is 0 Å². The monoisotopic (exact) mass is 371 g/mol. The third kappa shape index (κ3) is 3.26. The molecule has 0 saturated carbocycles. The summed E-state index contributed by atoms with van der Waals surface area (Å²) in [6, 6.07) is 5.11. The molecule has 7 heteroatoms. The van der Waals surface area contributed by atoms with Gasteiger partial charge in [-0.3, -0.25) is 19.3 Å². The highest BCUT2D eigenvalue weighted by atomic mass is 16.4. The quantitative estimate of drug-likeness (QED) is 0.880. The van der Waals surface area contributed by atoms with Gasteiger partial charge in [-0.25, -0.2) is 0 Å². The first-order valence-corrected chi connectivity index (χ1v) is 9.79. The normalized spacial score (nSPS) is 22.3. The van der Waals surface area contributed by atoms with Gasteiger partial charge in [-0.05, 0) is 56.7 Å². The number of likely N-dealkylation sites (tertiary alicyclic amines) is 1. The summed E-state index contributed by atoms with van der Waals surface area (Å²) in [5.41, 5.74) is 1.92. The molecule has 3 heterocycles. The molecule has 3 aliphatic rings. The number of carbonyl (C=O) groups is 3. The van der Waals surface area contributed by atoms with Gasteiger partial charge in [0.1, 0.15) is 12.6 Å². The van der Waals surface area contributed by atoms with E-state index in [0.29, 0.717) is 11.3 Å². The van der Waals surface area contributed by atoms with Crippen molar-refractivity contribution in [3.63, 3.8) is 0 Å². The highest BCUT2D eigenvalue weighted by Crippen LogP contribution is 2.40. The number of carboxylic acid groups (broad SMARTS) is 1. The van der Waals surface area contributed by atoms with Crippen LogP contribution in [0.1, 0.15) is 48.9 Å². The van der Waals surface area contributed by atoms with Gasteiger partial charge in [-0.15, -0.1) is 0 Å². The lowest BCUT2D eigenvalue weighted by Gasteiger charge is -2.45. The predicted molar refractivity (Wildman–Crippen MR) is 101 cm³/mol. The van der Waals surface area contributed by atoms with E-state index in [4.69, 9.17) is 0 Å². The fourth-order valence-corrected chi connectivity index (χ4v) is 4.47. The van der Waals surface area contributed by atoms with E-state index in [1.165, 1.54) is 4.90 Å². The average molecular weight is 371 g/mol. The average Bonchev–Trinajstić information content (AvgIpc) is 2.70. The molecule has 27 heavy (non-hydrogen) atoms. The molecule has 1 atom stereocenters. The van der Waals surface area contributed by atoms with Crippen molar-refractivity contribution in [1.82, 2.24) is 4.90 Å². The van der Waals surface area contributed by atoms with E-state index in [9.17, 15) is 19.5 Å². The first-order chi connectivity index (χ1) is 13.1.